The maximum Gasteiger partial charge on any atom is 0.129 e. The number of aliphatic hydroxyl groups excluding tert-OH is 1. The summed E-state index contributed by atoms with van der Waals surface area (Å²) >= 11 is 0. The fraction of sp³-hybridized carbons (Fsp3) is 0.412. The second-order valence-corrected chi connectivity index (χ2v) is 5.29. The first-order valence-electron chi connectivity index (χ1n) is 7.23. The Labute approximate surface area is 125 Å². The molecule has 0 saturated heterocycles. The van der Waals surface area contributed by atoms with E-state index in [4.69, 9.17) is 9.15 Å². The fourth-order valence-electron chi connectivity index (χ4n) is 2.12. The van der Waals surface area contributed by atoms with Crippen molar-refractivity contribution in [3.63, 3.8) is 0 Å². The lowest BCUT2D eigenvalue weighted by atomic mass is 10.1. The van der Waals surface area contributed by atoms with Gasteiger partial charge in [0.15, 0.2) is 0 Å². The molecule has 4 heteroatoms. The molecule has 0 aliphatic heterocycles. The predicted octanol–water partition coefficient (Wildman–Crippen LogP) is 2.82. The molecule has 114 valence electrons. The smallest absolute Gasteiger partial charge is 0.129 e. The minimum Gasteiger partial charge on any atom is -0.467 e. The minimum atomic E-state index is -0.535. The lowest BCUT2D eigenvalue weighted by molar-refractivity contribution is 0.0217. The monoisotopic (exact) mass is 289 g/mol. The molecule has 0 aliphatic rings. The Morgan fingerprint density at radius 1 is 1.29 bits per heavy atom. The zero-order valence-corrected chi connectivity index (χ0v) is 12.6. The molecule has 2 rings (SSSR count). The van der Waals surface area contributed by atoms with E-state index in [2.05, 4.69) is 37.4 Å². The molecule has 21 heavy (non-hydrogen) atoms. The van der Waals surface area contributed by atoms with Crippen molar-refractivity contribution in [3.8, 4) is 0 Å². The van der Waals surface area contributed by atoms with Gasteiger partial charge in [0.2, 0.25) is 0 Å². The Bertz CT molecular complexity index is 525. The maximum absolute atomic E-state index is 9.91. The Morgan fingerprint density at radius 2 is 2.14 bits per heavy atom. The summed E-state index contributed by atoms with van der Waals surface area (Å²) in [6, 6.07) is 12.2. The summed E-state index contributed by atoms with van der Waals surface area (Å²) in [4.78, 5) is 0. The summed E-state index contributed by atoms with van der Waals surface area (Å²) < 4.78 is 10.6. The lowest BCUT2D eigenvalue weighted by Crippen LogP contribution is -2.32. The van der Waals surface area contributed by atoms with Crippen LogP contribution >= 0.6 is 0 Å². The van der Waals surface area contributed by atoms with Gasteiger partial charge in [-0.05, 0) is 31.5 Å². The Kier molecular flexibility index (Phi) is 5.99. The van der Waals surface area contributed by atoms with Gasteiger partial charge < -0.3 is 19.6 Å². The lowest BCUT2D eigenvalue weighted by Gasteiger charge is -2.18. The van der Waals surface area contributed by atoms with E-state index in [1.165, 1.54) is 11.1 Å². The van der Waals surface area contributed by atoms with Gasteiger partial charge in [0.1, 0.15) is 12.4 Å². The zero-order valence-electron chi connectivity index (χ0n) is 12.6. The van der Waals surface area contributed by atoms with E-state index in [0.29, 0.717) is 13.2 Å². The third-order valence-electron chi connectivity index (χ3n) is 3.34. The van der Waals surface area contributed by atoms with E-state index in [1.807, 2.05) is 18.2 Å². The summed E-state index contributed by atoms with van der Waals surface area (Å²) in [6.07, 6.45) is 1.08. The second kappa shape index (κ2) is 7.98. The summed E-state index contributed by atoms with van der Waals surface area (Å²) in [5.74, 6) is 0.767. The number of aliphatic hydroxyl groups is 1. The molecule has 0 spiro atoms. The summed E-state index contributed by atoms with van der Waals surface area (Å²) in [5, 5.41) is 13.2. The second-order valence-electron chi connectivity index (χ2n) is 5.29. The molecule has 0 bridgehead atoms. The number of rotatable bonds is 8. The first-order valence-corrected chi connectivity index (χ1v) is 7.23. The highest BCUT2D eigenvalue weighted by molar-refractivity contribution is 5.24. The van der Waals surface area contributed by atoms with Crippen LogP contribution < -0.4 is 5.32 Å². The molecule has 0 fully saturated rings. The predicted molar refractivity (Wildman–Crippen MR) is 82.0 cm³/mol. The van der Waals surface area contributed by atoms with Crippen LogP contribution in [0.5, 0.6) is 0 Å². The number of benzene rings is 1. The number of ether oxygens (including phenoxy) is 1. The number of hydrogen-bond donors (Lipinski definition) is 2. The summed E-state index contributed by atoms with van der Waals surface area (Å²) in [6.45, 7) is 5.33. The SMILES string of the molecule is Cc1cccc([C@@H](C)NCC(O)COCc2ccco2)c1. The van der Waals surface area contributed by atoms with Gasteiger partial charge in [0, 0.05) is 12.6 Å². The van der Waals surface area contributed by atoms with Crippen molar-refractivity contribution in [2.45, 2.75) is 32.6 Å². The molecule has 1 aromatic heterocycles. The van der Waals surface area contributed by atoms with Crippen LogP contribution in [-0.4, -0.2) is 24.4 Å². The van der Waals surface area contributed by atoms with Gasteiger partial charge in [-0.15, -0.1) is 0 Å². The van der Waals surface area contributed by atoms with E-state index >= 15 is 0 Å². The highest BCUT2D eigenvalue weighted by Crippen LogP contribution is 2.13. The quantitative estimate of drug-likeness (QED) is 0.784. The van der Waals surface area contributed by atoms with E-state index in [0.717, 1.165) is 5.76 Å². The Morgan fingerprint density at radius 3 is 2.86 bits per heavy atom. The largest absolute Gasteiger partial charge is 0.467 e. The van der Waals surface area contributed by atoms with Gasteiger partial charge in [-0.25, -0.2) is 0 Å². The molecule has 1 heterocycles. The molecule has 1 aromatic carbocycles. The number of furan rings is 1. The van der Waals surface area contributed by atoms with Crippen molar-refractivity contribution in [1.82, 2.24) is 5.32 Å². The third kappa shape index (κ3) is 5.34. The average molecular weight is 289 g/mol. The average Bonchev–Trinajstić information content (AvgIpc) is 2.98. The zero-order chi connectivity index (χ0) is 15.1. The molecule has 2 atom stereocenters. The molecular formula is C17H23NO3. The molecule has 2 N–H and O–H groups in total. The van der Waals surface area contributed by atoms with Crippen molar-refractivity contribution >= 4 is 0 Å². The van der Waals surface area contributed by atoms with Crippen molar-refractivity contribution in [2.24, 2.45) is 0 Å². The van der Waals surface area contributed by atoms with Crippen molar-refractivity contribution in [2.75, 3.05) is 13.2 Å². The Hall–Kier alpha value is -1.62. The highest BCUT2D eigenvalue weighted by atomic mass is 16.5. The van der Waals surface area contributed by atoms with Gasteiger partial charge in [0.05, 0.1) is 19.0 Å². The minimum absolute atomic E-state index is 0.199. The van der Waals surface area contributed by atoms with Crippen LogP contribution in [0.4, 0.5) is 0 Å². The number of nitrogens with one attached hydrogen (secondary N) is 1. The van der Waals surface area contributed by atoms with Crippen molar-refractivity contribution in [1.29, 1.82) is 0 Å². The van der Waals surface area contributed by atoms with Crippen LogP contribution in [0.3, 0.4) is 0 Å². The highest BCUT2D eigenvalue weighted by Gasteiger charge is 2.09. The molecule has 0 amide bonds. The topological polar surface area (TPSA) is 54.6 Å². The van der Waals surface area contributed by atoms with Gasteiger partial charge in [-0.3, -0.25) is 0 Å². The van der Waals surface area contributed by atoms with E-state index in [9.17, 15) is 5.11 Å². The van der Waals surface area contributed by atoms with Crippen LogP contribution in [0.15, 0.2) is 47.1 Å². The number of hydrogen-bond acceptors (Lipinski definition) is 4. The van der Waals surface area contributed by atoms with E-state index < -0.39 is 6.10 Å². The van der Waals surface area contributed by atoms with Crippen molar-refractivity contribution < 1.29 is 14.3 Å². The van der Waals surface area contributed by atoms with E-state index in [-0.39, 0.29) is 12.6 Å². The maximum atomic E-state index is 9.91. The van der Waals surface area contributed by atoms with Crippen molar-refractivity contribution in [3.05, 3.63) is 59.5 Å². The molecule has 0 aliphatic carbocycles. The molecule has 4 nitrogen and oxygen atoms in total. The van der Waals surface area contributed by atoms with Crippen LogP contribution in [0.1, 0.15) is 29.9 Å². The van der Waals surface area contributed by atoms with Gasteiger partial charge in [-0.2, -0.15) is 0 Å². The fourth-order valence-corrected chi connectivity index (χ4v) is 2.12. The molecule has 1 unspecified atom stereocenters. The van der Waals surface area contributed by atoms with Crippen LogP contribution in [-0.2, 0) is 11.3 Å². The molecule has 0 saturated carbocycles. The summed E-state index contributed by atoms with van der Waals surface area (Å²) in [7, 11) is 0. The van der Waals surface area contributed by atoms with Gasteiger partial charge in [0.25, 0.3) is 0 Å². The standard InChI is InChI=1S/C17H23NO3/c1-13-5-3-6-15(9-13)14(2)18-10-16(19)11-20-12-17-7-4-8-21-17/h3-9,14,16,18-19H,10-12H2,1-2H3/t14-,16?/m1/s1. The molecule has 2 aromatic rings. The number of aryl methyl sites for hydroxylation is 1. The Balaban J connectivity index is 1.67. The first-order chi connectivity index (χ1) is 10.1. The normalized spacial score (nSPS) is 14.0. The van der Waals surface area contributed by atoms with Gasteiger partial charge in [-0.1, -0.05) is 29.8 Å². The van der Waals surface area contributed by atoms with Crippen LogP contribution in [0.25, 0.3) is 0 Å². The molecular weight excluding hydrogens is 266 g/mol. The van der Waals surface area contributed by atoms with E-state index in [1.54, 1.807) is 6.26 Å². The van der Waals surface area contributed by atoms with Crippen LogP contribution in [0, 0.1) is 6.92 Å². The third-order valence-corrected chi connectivity index (χ3v) is 3.34. The van der Waals surface area contributed by atoms with Gasteiger partial charge >= 0.3 is 0 Å². The first kappa shape index (κ1) is 15.8. The summed E-state index contributed by atoms with van der Waals surface area (Å²) in [5.41, 5.74) is 2.46. The molecule has 0 radical (unpaired) electrons. The van der Waals surface area contributed by atoms with Crippen LogP contribution in [0.2, 0.25) is 0 Å².